The monoisotopic (exact) mass is 224 g/mol. The van der Waals surface area contributed by atoms with E-state index in [1.54, 1.807) is 0 Å². The molecule has 92 valence electrons. The number of hydrogen-bond acceptors (Lipinski definition) is 2. The number of carbonyl (C=O) groups excluding carboxylic acids is 1. The van der Waals surface area contributed by atoms with E-state index >= 15 is 0 Å². The zero-order valence-corrected chi connectivity index (χ0v) is 10.6. The third-order valence-corrected chi connectivity index (χ3v) is 4.04. The Morgan fingerprint density at radius 3 is 2.88 bits per heavy atom. The third-order valence-electron chi connectivity index (χ3n) is 4.04. The van der Waals surface area contributed by atoms with Crippen molar-refractivity contribution in [1.82, 2.24) is 10.2 Å². The molecule has 0 saturated carbocycles. The molecular formula is C13H24N2O. The van der Waals surface area contributed by atoms with Crippen LogP contribution in [0.4, 0.5) is 0 Å². The Kier molecular flexibility index (Phi) is 3.53. The van der Waals surface area contributed by atoms with Crippen LogP contribution in [0.1, 0.15) is 46.0 Å². The van der Waals surface area contributed by atoms with Crippen LogP contribution in [0.15, 0.2) is 0 Å². The summed E-state index contributed by atoms with van der Waals surface area (Å²) in [6.07, 6.45) is 5.44. The molecule has 3 nitrogen and oxygen atoms in total. The highest BCUT2D eigenvalue weighted by Crippen LogP contribution is 2.29. The first kappa shape index (κ1) is 11.9. The SMILES string of the molecule is CCCC1(C(=O)N2CCC(C)C2)CCCN1. The van der Waals surface area contributed by atoms with E-state index in [1.165, 1.54) is 6.42 Å². The molecule has 0 bridgehead atoms. The van der Waals surface area contributed by atoms with Gasteiger partial charge in [0.25, 0.3) is 0 Å². The predicted octanol–water partition coefficient (Wildman–Crippen LogP) is 1.78. The molecule has 2 unspecified atom stereocenters. The van der Waals surface area contributed by atoms with Crippen LogP contribution in [-0.2, 0) is 4.79 Å². The molecule has 2 fully saturated rings. The van der Waals surface area contributed by atoms with E-state index in [0.29, 0.717) is 11.8 Å². The van der Waals surface area contributed by atoms with E-state index in [1.807, 2.05) is 0 Å². The van der Waals surface area contributed by atoms with E-state index in [9.17, 15) is 4.79 Å². The molecule has 1 amide bonds. The van der Waals surface area contributed by atoms with E-state index in [-0.39, 0.29) is 5.54 Å². The average molecular weight is 224 g/mol. The Morgan fingerprint density at radius 1 is 1.56 bits per heavy atom. The van der Waals surface area contributed by atoms with Gasteiger partial charge in [0.2, 0.25) is 5.91 Å². The molecule has 2 rings (SSSR count). The Hall–Kier alpha value is -0.570. The number of nitrogens with one attached hydrogen (secondary N) is 1. The van der Waals surface area contributed by atoms with Gasteiger partial charge in [-0.1, -0.05) is 20.3 Å². The number of carbonyl (C=O) groups is 1. The number of likely N-dealkylation sites (tertiary alicyclic amines) is 1. The molecule has 2 saturated heterocycles. The lowest BCUT2D eigenvalue weighted by Gasteiger charge is -2.32. The minimum absolute atomic E-state index is 0.210. The summed E-state index contributed by atoms with van der Waals surface area (Å²) in [6, 6.07) is 0. The number of rotatable bonds is 3. The lowest BCUT2D eigenvalue weighted by atomic mass is 9.90. The molecule has 0 aromatic heterocycles. The molecule has 0 radical (unpaired) electrons. The van der Waals surface area contributed by atoms with Crippen molar-refractivity contribution >= 4 is 5.91 Å². The summed E-state index contributed by atoms with van der Waals surface area (Å²) in [4.78, 5) is 14.7. The topological polar surface area (TPSA) is 32.3 Å². The summed E-state index contributed by atoms with van der Waals surface area (Å²) in [5.41, 5.74) is -0.210. The van der Waals surface area contributed by atoms with Gasteiger partial charge >= 0.3 is 0 Å². The van der Waals surface area contributed by atoms with Crippen LogP contribution < -0.4 is 5.32 Å². The van der Waals surface area contributed by atoms with Gasteiger partial charge in [-0.2, -0.15) is 0 Å². The van der Waals surface area contributed by atoms with Gasteiger partial charge in [0.15, 0.2) is 0 Å². The van der Waals surface area contributed by atoms with Gasteiger partial charge in [0.05, 0.1) is 5.54 Å². The second-order valence-electron chi connectivity index (χ2n) is 5.51. The van der Waals surface area contributed by atoms with Gasteiger partial charge in [0, 0.05) is 13.1 Å². The smallest absolute Gasteiger partial charge is 0.242 e. The van der Waals surface area contributed by atoms with Crippen molar-refractivity contribution in [2.75, 3.05) is 19.6 Å². The molecule has 2 aliphatic rings. The molecular weight excluding hydrogens is 200 g/mol. The minimum Gasteiger partial charge on any atom is -0.341 e. The fourth-order valence-electron chi connectivity index (χ4n) is 3.16. The average Bonchev–Trinajstić information content (AvgIpc) is 2.87. The summed E-state index contributed by atoms with van der Waals surface area (Å²) in [7, 11) is 0. The van der Waals surface area contributed by atoms with Gasteiger partial charge < -0.3 is 10.2 Å². The number of nitrogens with zero attached hydrogens (tertiary/aromatic N) is 1. The first-order valence-electron chi connectivity index (χ1n) is 6.72. The van der Waals surface area contributed by atoms with Gasteiger partial charge in [-0.25, -0.2) is 0 Å². The molecule has 2 aliphatic heterocycles. The second-order valence-corrected chi connectivity index (χ2v) is 5.51. The summed E-state index contributed by atoms with van der Waals surface area (Å²) in [5.74, 6) is 1.06. The van der Waals surface area contributed by atoms with Crippen LogP contribution >= 0.6 is 0 Å². The van der Waals surface area contributed by atoms with Crippen LogP contribution in [0.5, 0.6) is 0 Å². The Morgan fingerprint density at radius 2 is 2.38 bits per heavy atom. The van der Waals surface area contributed by atoms with Crippen molar-refractivity contribution in [3.63, 3.8) is 0 Å². The highest BCUT2D eigenvalue weighted by Gasteiger charge is 2.43. The largest absolute Gasteiger partial charge is 0.341 e. The molecule has 2 heterocycles. The van der Waals surface area contributed by atoms with Crippen molar-refractivity contribution in [2.24, 2.45) is 5.92 Å². The Balaban J connectivity index is 2.05. The molecule has 0 aromatic rings. The number of amides is 1. The lowest BCUT2D eigenvalue weighted by Crippen LogP contribution is -2.54. The van der Waals surface area contributed by atoms with Gasteiger partial charge in [-0.3, -0.25) is 4.79 Å². The standard InChI is InChI=1S/C13H24N2O/c1-3-6-13(7-4-8-14-13)12(16)15-9-5-11(2)10-15/h11,14H,3-10H2,1-2H3. The maximum Gasteiger partial charge on any atom is 0.242 e. The van der Waals surface area contributed by atoms with E-state index in [2.05, 4.69) is 24.1 Å². The van der Waals surface area contributed by atoms with E-state index in [4.69, 9.17) is 0 Å². The van der Waals surface area contributed by atoms with E-state index < -0.39 is 0 Å². The zero-order chi connectivity index (χ0) is 11.6. The Labute approximate surface area is 98.6 Å². The first-order chi connectivity index (χ1) is 7.68. The lowest BCUT2D eigenvalue weighted by molar-refractivity contribution is -0.137. The summed E-state index contributed by atoms with van der Waals surface area (Å²) in [6.45, 7) is 7.34. The molecule has 0 aromatic carbocycles. The van der Waals surface area contributed by atoms with Gasteiger partial charge in [-0.15, -0.1) is 0 Å². The molecule has 16 heavy (non-hydrogen) atoms. The van der Waals surface area contributed by atoms with Crippen LogP contribution in [0.3, 0.4) is 0 Å². The van der Waals surface area contributed by atoms with Crippen molar-refractivity contribution in [3.05, 3.63) is 0 Å². The van der Waals surface area contributed by atoms with Crippen molar-refractivity contribution in [3.8, 4) is 0 Å². The predicted molar refractivity (Wildman–Crippen MR) is 65.2 cm³/mol. The van der Waals surface area contributed by atoms with Crippen molar-refractivity contribution in [1.29, 1.82) is 0 Å². The number of hydrogen-bond donors (Lipinski definition) is 1. The molecule has 0 aliphatic carbocycles. The summed E-state index contributed by atoms with van der Waals surface area (Å²) in [5, 5.41) is 3.47. The highest BCUT2D eigenvalue weighted by molar-refractivity contribution is 5.87. The summed E-state index contributed by atoms with van der Waals surface area (Å²) >= 11 is 0. The fourth-order valence-corrected chi connectivity index (χ4v) is 3.16. The van der Waals surface area contributed by atoms with E-state index in [0.717, 1.165) is 45.3 Å². The maximum absolute atomic E-state index is 12.6. The van der Waals surface area contributed by atoms with Gasteiger partial charge in [0.1, 0.15) is 0 Å². The quantitative estimate of drug-likeness (QED) is 0.792. The zero-order valence-electron chi connectivity index (χ0n) is 10.6. The van der Waals surface area contributed by atoms with Crippen LogP contribution in [0.25, 0.3) is 0 Å². The second kappa shape index (κ2) is 4.74. The Bertz CT molecular complexity index is 259. The maximum atomic E-state index is 12.6. The molecule has 0 spiro atoms. The minimum atomic E-state index is -0.210. The highest BCUT2D eigenvalue weighted by atomic mass is 16.2. The third kappa shape index (κ3) is 2.10. The van der Waals surface area contributed by atoms with Crippen molar-refractivity contribution in [2.45, 2.75) is 51.5 Å². The van der Waals surface area contributed by atoms with Crippen LogP contribution in [0.2, 0.25) is 0 Å². The van der Waals surface area contributed by atoms with Crippen molar-refractivity contribution < 1.29 is 4.79 Å². The van der Waals surface area contributed by atoms with Crippen LogP contribution in [0, 0.1) is 5.92 Å². The normalized spacial score (nSPS) is 34.6. The first-order valence-corrected chi connectivity index (χ1v) is 6.72. The molecule has 2 atom stereocenters. The summed E-state index contributed by atoms with van der Waals surface area (Å²) < 4.78 is 0. The van der Waals surface area contributed by atoms with Crippen LogP contribution in [-0.4, -0.2) is 36.0 Å². The van der Waals surface area contributed by atoms with Gasteiger partial charge in [-0.05, 0) is 38.1 Å². The molecule has 3 heteroatoms. The fraction of sp³-hybridized carbons (Fsp3) is 0.923. The molecule has 1 N–H and O–H groups in total.